The molecule has 1 heterocycles. The molecule has 1 N–H and O–H groups in total. The van der Waals surface area contributed by atoms with Crippen molar-refractivity contribution in [1.82, 2.24) is 5.32 Å². The first kappa shape index (κ1) is 10.7. The summed E-state index contributed by atoms with van der Waals surface area (Å²) >= 11 is 1.81. The number of nitrogens with one attached hydrogen (secondary N) is 1. The van der Waals surface area contributed by atoms with Crippen molar-refractivity contribution in [3.05, 3.63) is 21.9 Å². The summed E-state index contributed by atoms with van der Waals surface area (Å²) in [4.78, 5) is 0. The standard InChI is InChI=1S/C11H19NS/c1-4-5-12-6-10-7-13-8-11(10)9(2)3/h7-9,12H,4-6H2,1-3H3. The van der Waals surface area contributed by atoms with Crippen LogP contribution >= 0.6 is 11.3 Å². The molecule has 0 spiro atoms. The Bertz CT molecular complexity index is 240. The van der Waals surface area contributed by atoms with E-state index in [9.17, 15) is 0 Å². The van der Waals surface area contributed by atoms with Gasteiger partial charge in [-0.15, -0.1) is 0 Å². The van der Waals surface area contributed by atoms with E-state index in [4.69, 9.17) is 0 Å². The van der Waals surface area contributed by atoms with E-state index < -0.39 is 0 Å². The predicted octanol–water partition coefficient (Wildman–Crippen LogP) is 3.37. The van der Waals surface area contributed by atoms with Gasteiger partial charge >= 0.3 is 0 Å². The van der Waals surface area contributed by atoms with E-state index in [0.29, 0.717) is 5.92 Å². The molecule has 0 amide bonds. The minimum Gasteiger partial charge on any atom is -0.313 e. The molecule has 0 bridgehead atoms. The molecule has 74 valence electrons. The lowest BCUT2D eigenvalue weighted by Crippen LogP contribution is -2.14. The van der Waals surface area contributed by atoms with Gasteiger partial charge in [0, 0.05) is 6.54 Å². The highest BCUT2D eigenvalue weighted by molar-refractivity contribution is 7.08. The zero-order chi connectivity index (χ0) is 9.68. The molecule has 0 unspecified atom stereocenters. The largest absolute Gasteiger partial charge is 0.313 e. The van der Waals surface area contributed by atoms with Crippen LogP contribution in [0, 0.1) is 0 Å². The first-order chi connectivity index (χ1) is 6.25. The molecule has 1 aromatic rings. The topological polar surface area (TPSA) is 12.0 Å². The van der Waals surface area contributed by atoms with E-state index in [0.717, 1.165) is 13.1 Å². The molecule has 0 saturated carbocycles. The van der Waals surface area contributed by atoms with Gasteiger partial charge in [0.1, 0.15) is 0 Å². The maximum absolute atomic E-state index is 3.44. The highest BCUT2D eigenvalue weighted by atomic mass is 32.1. The molecule has 0 radical (unpaired) electrons. The summed E-state index contributed by atoms with van der Waals surface area (Å²) in [6.45, 7) is 8.86. The number of hydrogen-bond acceptors (Lipinski definition) is 2. The maximum Gasteiger partial charge on any atom is 0.0216 e. The van der Waals surface area contributed by atoms with Crippen LogP contribution in [0.4, 0.5) is 0 Å². The second kappa shape index (κ2) is 5.40. The average Bonchev–Trinajstić information content (AvgIpc) is 2.53. The van der Waals surface area contributed by atoms with Gasteiger partial charge in [0.05, 0.1) is 0 Å². The van der Waals surface area contributed by atoms with E-state index in [-0.39, 0.29) is 0 Å². The highest BCUT2D eigenvalue weighted by Gasteiger charge is 2.06. The predicted molar refractivity (Wildman–Crippen MR) is 60.4 cm³/mol. The molecule has 0 aliphatic rings. The zero-order valence-electron chi connectivity index (χ0n) is 8.76. The van der Waals surface area contributed by atoms with Crippen LogP contribution in [0.25, 0.3) is 0 Å². The molecule has 0 fully saturated rings. The minimum absolute atomic E-state index is 0.657. The molecule has 2 heteroatoms. The smallest absolute Gasteiger partial charge is 0.0216 e. The third-order valence-electron chi connectivity index (χ3n) is 2.14. The van der Waals surface area contributed by atoms with Crippen molar-refractivity contribution in [2.75, 3.05) is 6.54 Å². The normalized spacial score (nSPS) is 11.1. The average molecular weight is 197 g/mol. The molecule has 1 rings (SSSR count). The van der Waals surface area contributed by atoms with Crippen LogP contribution in [0.1, 0.15) is 44.2 Å². The maximum atomic E-state index is 3.44. The quantitative estimate of drug-likeness (QED) is 0.714. The molecule has 1 nitrogen and oxygen atoms in total. The lowest BCUT2D eigenvalue weighted by molar-refractivity contribution is 0.668. The van der Waals surface area contributed by atoms with Crippen LogP contribution < -0.4 is 5.32 Å². The summed E-state index contributed by atoms with van der Waals surface area (Å²) in [7, 11) is 0. The third kappa shape index (κ3) is 3.12. The number of hydrogen-bond donors (Lipinski definition) is 1. The van der Waals surface area contributed by atoms with Crippen LogP contribution in [0.2, 0.25) is 0 Å². The fourth-order valence-electron chi connectivity index (χ4n) is 1.38. The van der Waals surface area contributed by atoms with E-state index in [1.807, 2.05) is 11.3 Å². The van der Waals surface area contributed by atoms with Crippen LogP contribution in [0.3, 0.4) is 0 Å². The Morgan fingerprint density at radius 3 is 2.77 bits per heavy atom. The summed E-state index contributed by atoms with van der Waals surface area (Å²) in [6.07, 6.45) is 1.21. The molecular formula is C11H19NS. The van der Waals surface area contributed by atoms with Crippen LogP contribution in [-0.4, -0.2) is 6.54 Å². The van der Waals surface area contributed by atoms with Gasteiger partial charge in [-0.1, -0.05) is 20.8 Å². The molecule has 13 heavy (non-hydrogen) atoms. The molecule has 0 aromatic carbocycles. The van der Waals surface area contributed by atoms with Gasteiger partial charge < -0.3 is 5.32 Å². The SMILES string of the molecule is CCCNCc1cscc1C(C)C. The third-order valence-corrected chi connectivity index (χ3v) is 2.95. The first-order valence-electron chi connectivity index (χ1n) is 5.01. The Morgan fingerprint density at radius 1 is 1.38 bits per heavy atom. The first-order valence-corrected chi connectivity index (χ1v) is 5.95. The summed E-state index contributed by atoms with van der Waals surface area (Å²) in [5.41, 5.74) is 2.99. The van der Waals surface area contributed by atoms with E-state index in [1.54, 1.807) is 0 Å². The van der Waals surface area contributed by atoms with Crippen molar-refractivity contribution in [2.45, 2.75) is 39.7 Å². The fourth-order valence-corrected chi connectivity index (χ4v) is 2.41. The Kier molecular flexibility index (Phi) is 4.46. The Hall–Kier alpha value is -0.340. The number of rotatable bonds is 5. The molecule has 0 aliphatic heterocycles. The molecule has 0 saturated heterocycles. The van der Waals surface area contributed by atoms with Gasteiger partial charge in [-0.05, 0) is 40.8 Å². The van der Waals surface area contributed by atoms with Gasteiger partial charge in [0.15, 0.2) is 0 Å². The van der Waals surface area contributed by atoms with Gasteiger partial charge in [0.2, 0.25) is 0 Å². The van der Waals surface area contributed by atoms with Crippen molar-refractivity contribution >= 4 is 11.3 Å². The van der Waals surface area contributed by atoms with E-state index >= 15 is 0 Å². The van der Waals surface area contributed by atoms with E-state index in [2.05, 4.69) is 36.8 Å². The van der Waals surface area contributed by atoms with Crippen LogP contribution in [-0.2, 0) is 6.54 Å². The summed E-state index contributed by atoms with van der Waals surface area (Å²) in [6, 6.07) is 0. The minimum atomic E-state index is 0.657. The van der Waals surface area contributed by atoms with Gasteiger partial charge in [-0.25, -0.2) is 0 Å². The summed E-state index contributed by atoms with van der Waals surface area (Å²) in [5.74, 6) is 0.657. The Balaban J connectivity index is 2.50. The van der Waals surface area contributed by atoms with Gasteiger partial charge in [-0.2, -0.15) is 11.3 Å². The zero-order valence-corrected chi connectivity index (χ0v) is 9.58. The monoisotopic (exact) mass is 197 g/mol. The summed E-state index contributed by atoms with van der Waals surface area (Å²) in [5, 5.41) is 7.97. The van der Waals surface area contributed by atoms with Crippen molar-refractivity contribution < 1.29 is 0 Å². The number of thiophene rings is 1. The Morgan fingerprint density at radius 2 is 2.15 bits per heavy atom. The molecular weight excluding hydrogens is 178 g/mol. The van der Waals surface area contributed by atoms with Crippen molar-refractivity contribution in [1.29, 1.82) is 0 Å². The van der Waals surface area contributed by atoms with E-state index in [1.165, 1.54) is 17.5 Å². The lowest BCUT2D eigenvalue weighted by atomic mass is 10.0. The van der Waals surface area contributed by atoms with Crippen molar-refractivity contribution in [3.63, 3.8) is 0 Å². The summed E-state index contributed by atoms with van der Waals surface area (Å²) < 4.78 is 0. The second-order valence-electron chi connectivity index (χ2n) is 3.68. The van der Waals surface area contributed by atoms with Crippen LogP contribution in [0.5, 0.6) is 0 Å². The van der Waals surface area contributed by atoms with Crippen LogP contribution in [0.15, 0.2) is 10.8 Å². The second-order valence-corrected chi connectivity index (χ2v) is 4.43. The van der Waals surface area contributed by atoms with Gasteiger partial charge in [0.25, 0.3) is 0 Å². The lowest BCUT2D eigenvalue weighted by Gasteiger charge is -2.07. The fraction of sp³-hybridized carbons (Fsp3) is 0.636. The highest BCUT2D eigenvalue weighted by Crippen LogP contribution is 2.23. The molecule has 0 aliphatic carbocycles. The molecule has 1 aromatic heterocycles. The Labute approximate surface area is 85.2 Å². The van der Waals surface area contributed by atoms with Crippen molar-refractivity contribution in [3.8, 4) is 0 Å². The molecule has 0 atom stereocenters. The van der Waals surface area contributed by atoms with Crippen molar-refractivity contribution in [2.24, 2.45) is 0 Å². The van der Waals surface area contributed by atoms with Gasteiger partial charge in [-0.3, -0.25) is 0 Å².